The topological polar surface area (TPSA) is 106 Å². The highest BCUT2D eigenvalue weighted by Gasteiger charge is 2.18. The second-order valence-electron chi connectivity index (χ2n) is 7.49. The van der Waals surface area contributed by atoms with E-state index in [1.165, 1.54) is 28.1 Å². The number of phenols is 1. The summed E-state index contributed by atoms with van der Waals surface area (Å²) >= 11 is 1.24. The first-order chi connectivity index (χ1) is 17.0. The zero-order valence-electron chi connectivity index (χ0n) is 18.5. The number of aromatic nitrogens is 1. The van der Waals surface area contributed by atoms with Gasteiger partial charge in [-0.05, 0) is 48.5 Å². The first-order valence-electron chi connectivity index (χ1n) is 10.6. The summed E-state index contributed by atoms with van der Waals surface area (Å²) in [6, 6.07) is 22.2. The molecule has 0 aliphatic heterocycles. The molecule has 0 bridgehead atoms. The molecule has 2 N–H and O–H groups in total. The van der Waals surface area contributed by atoms with Crippen LogP contribution in [0.4, 0.5) is 5.69 Å². The van der Waals surface area contributed by atoms with Crippen molar-refractivity contribution >= 4 is 33.9 Å². The molecule has 174 valence electrons. The van der Waals surface area contributed by atoms with Crippen LogP contribution in [0.2, 0.25) is 0 Å². The second-order valence-corrected chi connectivity index (χ2v) is 8.33. The zero-order valence-corrected chi connectivity index (χ0v) is 19.3. The molecule has 0 saturated heterocycles. The van der Waals surface area contributed by atoms with Gasteiger partial charge >= 0.3 is 5.63 Å². The summed E-state index contributed by atoms with van der Waals surface area (Å²) in [6.45, 7) is 0. The Balaban J connectivity index is 1.67. The van der Waals surface area contributed by atoms with E-state index in [1.807, 2.05) is 12.1 Å². The van der Waals surface area contributed by atoms with Crippen molar-refractivity contribution in [3.63, 3.8) is 0 Å². The van der Waals surface area contributed by atoms with Crippen molar-refractivity contribution in [2.45, 2.75) is 0 Å². The number of amides is 1. The highest BCUT2D eigenvalue weighted by Crippen LogP contribution is 2.23. The molecule has 0 spiro atoms. The minimum Gasteiger partial charge on any atom is -0.507 e. The van der Waals surface area contributed by atoms with Gasteiger partial charge in [0.1, 0.15) is 17.1 Å². The summed E-state index contributed by atoms with van der Waals surface area (Å²) in [5.41, 5.74) is 4.03. The molecule has 5 aromatic rings. The Kier molecular flexibility index (Phi) is 5.90. The van der Waals surface area contributed by atoms with Crippen molar-refractivity contribution in [3.05, 3.63) is 105 Å². The Morgan fingerprint density at radius 3 is 2.57 bits per heavy atom. The molecular weight excluding hydrogens is 466 g/mol. The Labute approximate surface area is 203 Å². The number of ether oxygens (including phenoxy) is 1. The molecule has 0 aliphatic carbocycles. The second kappa shape index (κ2) is 9.32. The fourth-order valence-electron chi connectivity index (χ4n) is 3.52. The van der Waals surface area contributed by atoms with Crippen LogP contribution < -0.4 is 20.6 Å². The largest absolute Gasteiger partial charge is 0.507 e. The maximum atomic E-state index is 13.1. The number of hydrogen-bond acceptors (Lipinski definition) is 7. The predicted molar refractivity (Wildman–Crippen MR) is 134 cm³/mol. The number of hydrogen-bond donors (Lipinski definition) is 2. The Morgan fingerprint density at radius 2 is 1.80 bits per heavy atom. The van der Waals surface area contributed by atoms with Gasteiger partial charge in [-0.3, -0.25) is 10.2 Å². The molecular formula is C26H19N3O5S. The van der Waals surface area contributed by atoms with Gasteiger partial charge in [0, 0.05) is 10.8 Å². The molecule has 0 aliphatic rings. The number of thiazole rings is 1. The molecule has 2 heterocycles. The van der Waals surface area contributed by atoms with Gasteiger partial charge in [0.15, 0.2) is 0 Å². The van der Waals surface area contributed by atoms with Crippen molar-refractivity contribution in [3.8, 4) is 22.8 Å². The minimum absolute atomic E-state index is 0.0816. The summed E-state index contributed by atoms with van der Waals surface area (Å²) in [7, 11) is 1.58. The summed E-state index contributed by atoms with van der Waals surface area (Å²) in [5.74, 6) is -0.0457. The number of benzene rings is 3. The smallest absolute Gasteiger partial charge is 0.345 e. The lowest BCUT2D eigenvalue weighted by molar-refractivity contribution is 0.100. The molecule has 3 aromatic carbocycles. The average Bonchev–Trinajstić information content (AvgIpc) is 3.25. The molecule has 0 unspecified atom stereocenters. The van der Waals surface area contributed by atoms with Crippen molar-refractivity contribution in [2.24, 2.45) is 4.99 Å². The van der Waals surface area contributed by atoms with Crippen LogP contribution in [0.5, 0.6) is 11.5 Å². The molecule has 5 rings (SSSR count). The number of fused-ring (bicyclic) bond motifs is 1. The fraction of sp³-hybridized carbons (Fsp3) is 0.0385. The number of para-hydroxylation sites is 2. The molecule has 8 nitrogen and oxygen atoms in total. The van der Waals surface area contributed by atoms with E-state index in [1.54, 1.807) is 67.1 Å². The first kappa shape index (κ1) is 22.2. The molecule has 1 amide bonds. The number of carbonyl (C=O) groups excluding carboxylic acids is 1. The molecule has 9 heteroatoms. The summed E-state index contributed by atoms with van der Waals surface area (Å²) < 4.78 is 12.1. The Morgan fingerprint density at radius 1 is 1.06 bits per heavy atom. The lowest BCUT2D eigenvalue weighted by Crippen LogP contribution is -2.31. The van der Waals surface area contributed by atoms with E-state index in [2.05, 4.69) is 10.4 Å². The Bertz CT molecular complexity index is 1670. The van der Waals surface area contributed by atoms with Gasteiger partial charge in [-0.1, -0.05) is 30.3 Å². The average molecular weight is 486 g/mol. The van der Waals surface area contributed by atoms with E-state index in [9.17, 15) is 14.7 Å². The standard InChI is InChI=1S/C26H19N3O5S/c1-33-18-12-10-17(11-13-18)27-26-29(28-24(31)19-7-3-4-8-22(19)30)21(15-35-26)20-14-16-6-2-5-9-23(16)34-25(20)32/h2-15,30H,1H3,(H,28,31). The van der Waals surface area contributed by atoms with Crippen LogP contribution in [-0.4, -0.2) is 22.8 Å². The van der Waals surface area contributed by atoms with Crippen LogP contribution in [-0.2, 0) is 0 Å². The van der Waals surface area contributed by atoms with Crippen molar-refractivity contribution in [1.29, 1.82) is 0 Å². The van der Waals surface area contributed by atoms with Crippen LogP contribution in [0.15, 0.2) is 98.4 Å². The summed E-state index contributed by atoms with van der Waals surface area (Å²) in [6.07, 6.45) is 0. The highest BCUT2D eigenvalue weighted by molar-refractivity contribution is 7.07. The molecule has 0 saturated carbocycles. The maximum Gasteiger partial charge on any atom is 0.345 e. The van der Waals surface area contributed by atoms with Crippen molar-refractivity contribution in [1.82, 2.24) is 4.68 Å². The van der Waals surface area contributed by atoms with Crippen LogP contribution in [0.3, 0.4) is 0 Å². The number of carbonyl (C=O) groups is 1. The fourth-order valence-corrected chi connectivity index (χ4v) is 4.38. The number of aromatic hydroxyl groups is 1. The summed E-state index contributed by atoms with van der Waals surface area (Å²) in [4.78, 5) is 31.0. The summed E-state index contributed by atoms with van der Waals surface area (Å²) in [5, 5.41) is 12.6. The third-order valence-electron chi connectivity index (χ3n) is 5.28. The van der Waals surface area contributed by atoms with Crippen LogP contribution in [0, 0.1) is 0 Å². The number of rotatable bonds is 5. The van der Waals surface area contributed by atoms with Crippen LogP contribution in [0.25, 0.3) is 22.2 Å². The normalized spacial score (nSPS) is 11.5. The van der Waals surface area contributed by atoms with Gasteiger partial charge in [0.25, 0.3) is 5.91 Å². The van der Waals surface area contributed by atoms with Crippen molar-refractivity contribution in [2.75, 3.05) is 12.5 Å². The number of phenolic OH excluding ortho intramolecular Hbond substituents is 1. The van der Waals surface area contributed by atoms with Gasteiger partial charge in [0.05, 0.1) is 29.6 Å². The quantitative estimate of drug-likeness (QED) is 0.353. The number of nitrogens with one attached hydrogen (secondary N) is 1. The molecule has 2 aromatic heterocycles. The first-order valence-corrected chi connectivity index (χ1v) is 11.4. The van der Waals surface area contributed by atoms with E-state index >= 15 is 0 Å². The monoisotopic (exact) mass is 485 g/mol. The van der Waals surface area contributed by atoms with E-state index in [4.69, 9.17) is 9.15 Å². The molecule has 0 atom stereocenters. The van der Waals surface area contributed by atoms with E-state index in [0.717, 1.165) is 5.39 Å². The van der Waals surface area contributed by atoms with E-state index in [0.29, 0.717) is 27.5 Å². The van der Waals surface area contributed by atoms with Gasteiger partial charge < -0.3 is 14.3 Å². The lowest BCUT2D eigenvalue weighted by Gasteiger charge is -2.11. The SMILES string of the molecule is COc1ccc(N=c2scc(-c3cc4ccccc4oc3=O)n2NC(=O)c2ccccc2O)cc1. The minimum atomic E-state index is -0.566. The molecule has 0 radical (unpaired) electrons. The Hall–Kier alpha value is -4.63. The predicted octanol–water partition coefficient (Wildman–Crippen LogP) is 4.65. The van der Waals surface area contributed by atoms with E-state index < -0.39 is 11.5 Å². The zero-order chi connectivity index (χ0) is 24.4. The lowest BCUT2D eigenvalue weighted by atomic mass is 10.1. The van der Waals surface area contributed by atoms with Crippen LogP contribution in [0.1, 0.15) is 10.4 Å². The van der Waals surface area contributed by atoms with E-state index in [-0.39, 0.29) is 16.9 Å². The molecule has 0 fully saturated rings. The van der Waals surface area contributed by atoms with Gasteiger partial charge in [-0.25, -0.2) is 14.5 Å². The third-order valence-corrected chi connectivity index (χ3v) is 6.11. The van der Waals surface area contributed by atoms with Crippen LogP contribution >= 0.6 is 11.3 Å². The highest BCUT2D eigenvalue weighted by atomic mass is 32.1. The van der Waals surface area contributed by atoms with Gasteiger partial charge in [0.2, 0.25) is 4.80 Å². The third kappa shape index (κ3) is 4.44. The van der Waals surface area contributed by atoms with Gasteiger partial charge in [-0.2, -0.15) is 0 Å². The molecule has 35 heavy (non-hydrogen) atoms. The van der Waals surface area contributed by atoms with Crippen molar-refractivity contribution < 1.29 is 19.1 Å². The number of methoxy groups -OCH3 is 1. The van der Waals surface area contributed by atoms with Gasteiger partial charge in [-0.15, -0.1) is 11.3 Å². The number of nitrogens with zero attached hydrogens (tertiary/aromatic N) is 2. The maximum absolute atomic E-state index is 13.1.